The van der Waals surface area contributed by atoms with Crippen LogP contribution in [-0.4, -0.2) is 47.6 Å². The lowest BCUT2D eigenvalue weighted by Gasteiger charge is -2.38. The molecule has 0 heterocycles. The Labute approximate surface area is 164 Å². The van der Waals surface area contributed by atoms with Crippen molar-refractivity contribution in [3.8, 4) is 5.75 Å². The van der Waals surface area contributed by atoms with E-state index in [9.17, 15) is 9.90 Å². The van der Waals surface area contributed by atoms with Gasteiger partial charge in [0.05, 0.1) is 25.7 Å². The smallest absolute Gasteiger partial charge is 0.332 e. The van der Waals surface area contributed by atoms with Crippen molar-refractivity contribution in [3.05, 3.63) is 64.9 Å². The van der Waals surface area contributed by atoms with E-state index in [1.807, 2.05) is 12.1 Å². The van der Waals surface area contributed by atoms with Gasteiger partial charge < -0.3 is 24.5 Å². The molecular formula is C21H24N2O5. The van der Waals surface area contributed by atoms with Crippen LogP contribution in [0.3, 0.4) is 0 Å². The number of esters is 1. The SMILES string of the molecule is [C-]#[N+]C(=C)[C@@](Cc1ccc(OC)cc1)([N+]#[C-])[C@@H]1C[C@@H](OC(=O)CO)CC[C@@H]1O. The molecule has 0 radical (unpaired) electrons. The number of nitrogens with zero attached hydrogens (tertiary/aromatic N) is 2. The monoisotopic (exact) mass is 384 g/mol. The third-order valence-corrected chi connectivity index (χ3v) is 5.27. The first-order valence-corrected chi connectivity index (χ1v) is 8.97. The second-order valence-electron chi connectivity index (χ2n) is 6.88. The predicted molar refractivity (Wildman–Crippen MR) is 102 cm³/mol. The van der Waals surface area contributed by atoms with Crippen molar-refractivity contribution in [2.45, 2.75) is 43.4 Å². The molecule has 0 aliphatic heterocycles. The molecule has 0 aromatic heterocycles. The Hall–Kier alpha value is -2.87. The summed E-state index contributed by atoms with van der Waals surface area (Å²) in [6.07, 6.45) is -0.160. The van der Waals surface area contributed by atoms with Gasteiger partial charge in [0.15, 0.2) is 0 Å². The summed E-state index contributed by atoms with van der Waals surface area (Å²) in [7, 11) is 1.56. The molecule has 0 amide bonds. The van der Waals surface area contributed by atoms with E-state index in [-0.39, 0.29) is 18.5 Å². The molecule has 1 aromatic rings. The highest BCUT2D eigenvalue weighted by Crippen LogP contribution is 2.43. The van der Waals surface area contributed by atoms with Crippen LogP contribution in [0.4, 0.5) is 0 Å². The predicted octanol–water partition coefficient (Wildman–Crippen LogP) is 2.39. The highest BCUT2D eigenvalue weighted by Gasteiger charge is 2.54. The topological polar surface area (TPSA) is 84.7 Å². The van der Waals surface area contributed by atoms with E-state index in [4.69, 9.17) is 27.7 Å². The van der Waals surface area contributed by atoms with Crippen molar-refractivity contribution in [3.63, 3.8) is 0 Å². The van der Waals surface area contributed by atoms with E-state index >= 15 is 0 Å². The van der Waals surface area contributed by atoms with Gasteiger partial charge >= 0.3 is 5.97 Å². The van der Waals surface area contributed by atoms with Crippen LogP contribution in [0, 0.1) is 19.1 Å². The molecule has 1 aliphatic carbocycles. The molecule has 7 heteroatoms. The summed E-state index contributed by atoms with van der Waals surface area (Å²) >= 11 is 0. The molecule has 0 spiro atoms. The minimum Gasteiger partial charge on any atom is -0.497 e. The van der Waals surface area contributed by atoms with Crippen LogP contribution in [0.2, 0.25) is 0 Å². The molecule has 1 aliphatic rings. The Bertz CT molecular complexity index is 792. The van der Waals surface area contributed by atoms with Crippen molar-refractivity contribution < 1.29 is 24.5 Å². The fourth-order valence-corrected chi connectivity index (χ4v) is 3.74. The molecule has 1 fully saturated rings. The number of hydrogen-bond acceptors (Lipinski definition) is 5. The average Bonchev–Trinajstić information content (AvgIpc) is 2.73. The molecule has 2 rings (SSSR count). The number of benzene rings is 1. The van der Waals surface area contributed by atoms with Gasteiger partial charge in [-0.1, -0.05) is 18.7 Å². The molecule has 148 valence electrons. The van der Waals surface area contributed by atoms with Crippen LogP contribution >= 0.6 is 0 Å². The number of carbonyl (C=O) groups excluding carboxylic acids is 1. The first kappa shape index (κ1) is 21.4. The number of aliphatic hydroxyl groups excluding tert-OH is 2. The zero-order valence-corrected chi connectivity index (χ0v) is 15.8. The number of methoxy groups -OCH3 is 1. The summed E-state index contributed by atoms with van der Waals surface area (Å²) in [4.78, 5) is 18.7. The maximum absolute atomic E-state index is 11.5. The van der Waals surface area contributed by atoms with Gasteiger partial charge in [-0.25, -0.2) is 16.2 Å². The fourth-order valence-electron chi connectivity index (χ4n) is 3.74. The molecular weight excluding hydrogens is 360 g/mol. The van der Waals surface area contributed by atoms with Crippen molar-refractivity contribution in [1.29, 1.82) is 0 Å². The molecule has 0 unspecified atom stereocenters. The normalized spacial score (nSPS) is 23.5. The van der Waals surface area contributed by atoms with Crippen molar-refractivity contribution in [2.24, 2.45) is 5.92 Å². The van der Waals surface area contributed by atoms with E-state index in [1.165, 1.54) is 0 Å². The van der Waals surface area contributed by atoms with E-state index < -0.39 is 36.2 Å². The third-order valence-electron chi connectivity index (χ3n) is 5.27. The maximum Gasteiger partial charge on any atom is 0.332 e. The lowest BCUT2D eigenvalue weighted by atomic mass is 9.68. The molecule has 2 N–H and O–H groups in total. The fraction of sp³-hybridized carbons (Fsp3) is 0.476. The van der Waals surface area contributed by atoms with Gasteiger partial charge in [0.2, 0.25) is 5.70 Å². The van der Waals surface area contributed by atoms with E-state index in [0.717, 1.165) is 5.56 Å². The number of rotatable bonds is 7. The molecule has 0 bridgehead atoms. The number of hydrogen-bond donors (Lipinski definition) is 2. The molecule has 7 nitrogen and oxygen atoms in total. The maximum atomic E-state index is 11.5. The Morgan fingerprint density at radius 3 is 2.54 bits per heavy atom. The summed E-state index contributed by atoms with van der Waals surface area (Å²) in [6.45, 7) is 18.4. The van der Waals surface area contributed by atoms with Gasteiger partial charge in [-0.3, -0.25) is 0 Å². The zero-order chi connectivity index (χ0) is 20.7. The Balaban J connectivity index is 2.37. The first-order chi connectivity index (χ1) is 13.4. The second kappa shape index (κ2) is 9.36. The molecule has 4 atom stereocenters. The molecule has 28 heavy (non-hydrogen) atoms. The van der Waals surface area contributed by atoms with E-state index in [1.54, 1.807) is 19.2 Å². The lowest BCUT2D eigenvalue weighted by Crippen LogP contribution is -2.49. The highest BCUT2D eigenvalue weighted by atomic mass is 16.6. The summed E-state index contributed by atoms with van der Waals surface area (Å²) in [6, 6.07) is 7.17. The van der Waals surface area contributed by atoms with Gasteiger partial charge in [-0.2, -0.15) is 0 Å². The van der Waals surface area contributed by atoms with E-state index in [2.05, 4.69) is 16.3 Å². The lowest BCUT2D eigenvalue weighted by molar-refractivity contribution is -0.157. The van der Waals surface area contributed by atoms with Gasteiger partial charge in [0.1, 0.15) is 18.5 Å². The van der Waals surface area contributed by atoms with E-state index in [0.29, 0.717) is 18.6 Å². The van der Waals surface area contributed by atoms with Gasteiger partial charge in [0.25, 0.3) is 5.54 Å². The van der Waals surface area contributed by atoms with Crippen molar-refractivity contribution >= 4 is 5.97 Å². The second-order valence-corrected chi connectivity index (χ2v) is 6.88. The Kier molecular flexibility index (Phi) is 7.17. The van der Waals surface area contributed by atoms with Crippen molar-refractivity contribution in [2.75, 3.05) is 13.7 Å². The van der Waals surface area contributed by atoms with Crippen LogP contribution < -0.4 is 4.74 Å². The van der Waals surface area contributed by atoms with Crippen LogP contribution in [0.25, 0.3) is 9.69 Å². The third kappa shape index (κ3) is 4.51. The van der Waals surface area contributed by atoms with Crippen LogP contribution in [0.1, 0.15) is 24.8 Å². The Morgan fingerprint density at radius 1 is 1.32 bits per heavy atom. The minimum atomic E-state index is -1.35. The molecule has 1 aromatic carbocycles. The minimum absolute atomic E-state index is 0.0523. The number of aliphatic hydroxyl groups is 2. The molecule has 0 saturated heterocycles. The summed E-state index contributed by atoms with van der Waals surface area (Å²) in [5.41, 5.74) is -0.486. The van der Waals surface area contributed by atoms with Crippen molar-refractivity contribution in [1.82, 2.24) is 0 Å². The highest BCUT2D eigenvalue weighted by molar-refractivity contribution is 5.70. The Morgan fingerprint density at radius 2 is 2.00 bits per heavy atom. The quantitative estimate of drug-likeness (QED) is 0.557. The van der Waals surface area contributed by atoms with Crippen LogP contribution in [0.15, 0.2) is 36.5 Å². The summed E-state index contributed by atoms with van der Waals surface area (Å²) < 4.78 is 10.4. The summed E-state index contributed by atoms with van der Waals surface area (Å²) in [5, 5.41) is 19.6. The van der Waals surface area contributed by atoms with Gasteiger partial charge in [0, 0.05) is 6.42 Å². The van der Waals surface area contributed by atoms with Crippen LogP contribution in [0.5, 0.6) is 5.75 Å². The average molecular weight is 384 g/mol. The number of ether oxygens (including phenoxy) is 2. The van der Waals surface area contributed by atoms with Gasteiger partial charge in [-0.05, 0) is 37.0 Å². The standard InChI is InChI=1S/C21H24N2O5/c1-14(22-2)21(23-3,12-15-5-7-16(27-4)8-6-15)18-11-17(9-10-19(18)25)28-20(26)13-24/h5-8,17-19,24-25H,1,9-13H2,4H3/t17-,18+,19-,21+/m0/s1. The van der Waals surface area contributed by atoms with Gasteiger partial charge in [-0.15, -0.1) is 0 Å². The summed E-state index contributed by atoms with van der Waals surface area (Å²) in [5.74, 6) is -0.693. The number of carbonyl (C=O) groups is 1. The zero-order valence-electron chi connectivity index (χ0n) is 15.8. The largest absolute Gasteiger partial charge is 0.497 e. The van der Waals surface area contributed by atoms with Crippen LogP contribution in [-0.2, 0) is 16.0 Å². The first-order valence-electron chi connectivity index (χ1n) is 8.97. The molecule has 1 saturated carbocycles.